The Morgan fingerprint density at radius 3 is 2.56 bits per heavy atom. The Kier molecular flexibility index (Phi) is 5.25. The van der Waals surface area contributed by atoms with E-state index in [4.69, 9.17) is 4.74 Å². The zero-order valence-electron chi connectivity index (χ0n) is 15.0. The smallest absolute Gasteiger partial charge is 0.411 e. The van der Waals surface area contributed by atoms with Crippen molar-refractivity contribution in [3.63, 3.8) is 0 Å². The van der Waals surface area contributed by atoms with Gasteiger partial charge in [0.15, 0.2) is 0 Å². The number of benzene rings is 1. The van der Waals surface area contributed by atoms with Crippen LogP contribution in [-0.2, 0) is 4.74 Å². The van der Waals surface area contributed by atoms with Crippen LogP contribution in [0.2, 0.25) is 0 Å². The summed E-state index contributed by atoms with van der Waals surface area (Å²) in [4.78, 5) is 15.1. The van der Waals surface area contributed by atoms with Crippen LogP contribution in [0.5, 0.6) is 0 Å². The van der Waals surface area contributed by atoms with E-state index in [1.807, 2.05) is 30.3 Å². The second-order valence-corrected chi connectivity index (χ2v) is 7.96. The van der Waals surface area contributed by atoms with Crippen LogP contribution in [-0.4, -0.2) is 36.2 Å². The van der Waals surface area contributed by atoms with Crippen molar-refractivity contribution in [2.75, 3.05) is 18.4 Å². The number of carbonyl (C=O) groups excluding carboxylic acids is 1. The summed E-state index contributed by atoms with van der Waals surface area (Å²) in [5.41, 5.74) is 0.807. The molecule has 2 aliphatic carbocycles. The van der Waals surface area contributed by atoms with Gasteiger partial charge in [-0.3, -0.25) is 10.2 Å². The number of hydrogen-bond acceptors (Lipinski definition) is 3. The summed E-state index contributed by atoms with van der Waals surface area (Å²) in [6, 6.07) is 10.2. The van der Waals surface area contributed by atoms with Crippen molar-refractivity contribution >= 4 is 11.8 Å². The Hall–Kier alpha value is -1.55. The number of fused-ring (bicyclic) bond motifs is 2. The number of amides is 1. The van der Waals surface area contributed by atoms with E-state index < -0.39 is 0 Å². The van der Waals surface area contributed by atoms with Crippen LogP contribution >= 0.6 is 0 Å². The summed E-state index contributed by atoms with van der Waals surface area (Å²) in [6.07, 6.45) is 10.0. The standard InChI is InChI=1S/C21H30N2O2/c24-21(22-17-9-3-1-4-10-17)25-20-16-8-7-11-18(20)19(13-12-16)23-14-5-2-6-15-23/h1,3-4,9-10,16,18-20H,2,5-8,11-15H2,(H,22,24)/t16-,18-,19-,20-/m0/s1. The van der Waals surface area contributed by atoms with Gasteiger partial charge in [0.2, 0.25) is 0 Å². The minimum atomic E-state index is -0.285. The van der Waals surface area contributed by atoms with Crippen molar-refractivity contribution in [1.82, 2.24) is 4.90 Å². The highest BCUT2D eigenvalue weighted by Gasteiger charge is 2.46. The highest BCUT2D eigenvalue weighted by atomic mass is 16.6. The average Bonchev–Trinajstić information content (AvgIpc) is 2.63. The highest BCUT2D eigenvalue weighted by molar-refractivity contribution is 5.84. The molecule has 1 saturated heterocycles. The van der Waals surface area contributed by atoms with Gasteiger partial charge < -0.3 is 4.74 Å². The van der Waals surface area contributed by atoms with Gasteiger partial charge in [0.25, 0.3) is 0 Å². The van der Waals surface area contributed by atoms with E-state index in [-0.39, 0.29) is 12.2 Å². The van der Waals surface area contributed by atoms with Crippen LogP contribution < -0.4 is 5.32 Å². The number of ether oxygens (including phenoxy) is 1. The van der Waals surface area contributed by atoms with Gasteiger partial charge in [-0.25, -0.2) is 4.79 Å². The molecule has 0 spiro atoms. The number of carbonyl (C=O) groups is 1. The van der Waals surface area contributed by atoms with Crippen LogP contribution in [0.4, 0.5) is 10.5 Å². The molecule has 3 aliphatic rings. The molecule has 4 atom stereocenters. The number of para-hydroxylation sites is 1. The topological polar surface area (TPSA) is 41.6 Å². The van der Waals surface area contributed by atoms with Crippen LogP contribution in [0.1, 0.15) is 51.4 Å². The molecule has 0 unspecified atom stereocenters. The maximum atomic E-state index is 12.4. The zero-order valence-corrected chi connectivity index (χ0v) is 15.0. The van der Waals surface area contributed by atoms with Crippen molar-refractivity contribution in [3.05, 3.63) is 30.3 Å². The number of piperidine rings is 1. The summed E-state index contributed by atoms with van der Waals surface area (Å²) >= 11 is 0. The molecule has 0 radical (unpaired) electrons. The van der Waals surface area contributed by atoms with E-state index >= 15 is 0 Å². The molecule has 25 heavy (non-hydrogen) atoms. The number of hydrogen-bond donors (Lipinski definition) is 1. The zero-order chi connectivity index (χ0) is 17.1. The van der Waals surface area contributed by atoms with Gasteiger partial charge in [0.05, 0.1) is 0 Å². The number of anilines is 1. The van der Waals surface area contributed by atoms with Gasteiger partial charge in [-0.2, -0.15) is 0 Å². The molecule has 1 aromatic carbocycles. The first-order valence-corrected chi connectivity index (χ1v) is 10.1. The molecule has 1 heterocycles. The number of nitrogens with one attached hydrogen (secondary N) is 1. The largest absolute Gasteiger partial charge is 0.445 e. The minimum absolute atomic E-state index is 0.0955. The summed E-state index contributed by atoms with van der Waals surface area (Å²) in [7, 11) is 0. The quantitative estimate of drug-likeness (QED) is 0.868. The van der Waals surface area contributed by atoms with Gasteiger partial charge in [0.1, 0.15) is 6.10 Å². The third kappa shape index (κ3) is 3.84. The normalized spacial score (nSPS) is 32.8. The van der Waals surface area contributed by atoms with Crippen molar-refractivity contribution < 1.29 is 9.53 Å². The Balaban J connectivity index is 1.42. The van der Waals surface area contributed by atoms with Crippen LogP contribution in [0.3, 0.4) is 0 Å². The molecule has 4 rings (SSSR count). The summed E-state index contributed by atoms with van der Waals surface area (Å²) in [5, 5.41) is 2.90. The summed E-state index contributed by atoms with van der Waals surface area (Å²) < 4.78 is 6.01. The highest BCUT2D eigenvalue weighted by Crippen LogP contribution is 2.44. The molecular weight excluding hydrogens is 312 g/mol. The lowest BCUT2D eigenvalue weighted by molar-refractivity contribution is -0.0688. The number of rotatable bonds is 3. The molecule has 2 saturated carbocycles. The van der Waals surface area contributed by atoms with Crippen LogP contribution in [0.15, 0.2) is 30.3 Å². The molecule has 3 fully saturated rings. The molecule has 136 valence electrons. The Morgan fingerprint density at radius 1 is 0.960 bits per heavy atom. The lowest BCUT2D eigenvalue weighted by Crippen LogP contribution is -2.54. The lowest BCUT2D eigenvalue weighted by Gasteiger charge is -2.50. The first-order chi connectivity index (χ1) is 12.3. The maximum Gasteiger partial charge on any atom is 0.411 e. The second-order valence-electron chi connectivity index (χ2n) is 7.96. The number of likely N-dealkylation sites (tertiary alicyclic amines) is 1. The predicted octanol–water partition coefficient (Wildman–Crippen LogP) is 4.67. The Bertz CT molecular complexity index is 571. The van der Waals surface area contributed by atoms with Crippen molar-refractivity contribution in [2.24, 2.45) is 11.8 Å². The van der Waals surface area contributed by atoms with E-state index in [2.05, 4.69) is 10.2 Å². The van der Waals surface area contributed by atoms with Gasteiger partial charge >= 0.3 is 6.09 Å². The molecule has 2 bridgehead atoms. The fourth-order valence-electron chi connectivity index (χ4n) is 5.29. The molecule has 1 aromatic rings. The van der Waals surface area contributed by atoms with Crippen molar-refractivity contribution in [3.8, 4) is 0 Å². The van der Waals surface area contributed by atoms with Gasteiger partial charge in [0, 0.05) is 17.6 Å². The molecule has 1 amide bonds. The summed E-state index contributed by atoms with van der Waals surface area (Å²) in [6.45, 7) is 2.46. The third-order valence-electron chi connectivity index (χ3n) is 6.45. The van der Waals surface area contributed by atoms with Gasteiger partial charge in [-0.05, 0) is 69.7 Å². The molecule has 1 N–H and O–H groups in total. The third-order valence-corrected chi connectivity index (χ3v) is 6.45. The number of nitrogens with zero attached hydrogens (tertiary/aromatic N) is 1. The molecular formula is C21H30N2O2. The van der Waals surface area contributed by atoms with E-state index in [0.29, 0.717) is 17.9 Å². The molecule has 1 aliphatic heterocycles. The van der Waals surface area contributed by atoms with Crippen molar-refractivity contribution in [1.29, 1.82) is 0 Å². The van der Waals surface area contributed by atoms with E-state index in [1.54, 1.807) is 0 Å². The van der Waals surface area contributed by atoms with E-state index in [0.717, 1.165) is 5.69 Å². The average molecular weight is 342 g/mol. The SMILES string of the molecule is O=C(Nc1ccccc1)O[C@H]1[C@H]2CCC[C@H]1[C@@H](N1CCCCC1)CC2. The minimum Gasteiger partial charge on any atom is -0.445 e. The first-order valence-electron chi connectivity index (χ1n) is 10.1. The maximum absolute atomic E-state index is 12.4. The van der Waals surface area contributed by atoms with Gasteiger partial charge in [-0.15, -0.1) is 0 Å². The Morgan fingerprint density at radius 2 is 1.76 bits per heavy atom. The molecule has 4 nitrogen and oxygen atoms in total. The van der Waals surface area contributed by atoms with Gasteiger partial charge in [-0.1, -0.05) is 31.0 Å². The predicted molar refractivity (Wildman–Crippen MR) is 99.6 cm³/mol. The monoisotopic (exact) mass is 342 g/mol. The Labute approximate surface area is 150 Å². The molecule has 4 heteroatoms. The van der Waals surface area contributed by atoms with E-state index in [1.165, 1.54) is 64.5 Å². The van der Waals surface area contributed by atoms with Crippen LogP contribution in [0, 0.1) is 11.8 Å². The van der Waals surface area contributed by atoms with Crippen molar-refractivity contribution in [2.45, 2.75) is 63.5 Å². The van der Waals surface area contributed by atoms with Crippen LogP contribution in [0.25, 0.3) is 0 Å². The van der Waals surface area contributed by atoms with E-state index in [9.17, 15) is 4.79 Å². The lowest BCUT2D eigenvalue weighted by atomic mass is 9.67. The molecule has 0 aromatic heterocycles. The first kappa shape index (κ1) is 16.9. The second kappa shape index (κ2) is 7.77. The fraction of sp³-hybridized carbons (Fsp3) is 0.667. The summed E-state index contributed by atoms with van der Waals surface area (Å²) in [5.74, 6) is 1.08. The fourth-order valence-corrected chi connectivity index (χ4v) is 5.29.